The maximum absolute atomic E-state index is 5.84. The van der Waals surface area contributed by atoms with Crippen molar-refractivity contribution in [2.75, 3.05) is 0 Å². The molecule has 0 aliphatic carbocycles. The molecule has 18 heavy (non-hydrogen) atoms. The Kier molecular flexibility index (Phi) is 6.89. The van der Waals surface area contributed by atoms with Gasteiger partial charge < -0.3 is 9.05 Å². The molecular weight excluding hydrogens is 283 g/mol. The lowest BCUT2D eigenvalue weighted by atomic mass is 10.2. The van der Waals surface area contributed by atoms with Gasteiger partial charge >= 0.3 is 0 Å². The van der Waals surface area contributed by atoms with E-state index < -0.39 is 5.69 Å². The minimum Gasteiger partial charge on any atom is -0.319 e. The molecule has 0 atom stereocenters. The molecule has 0 spiro atoms. The molecule has 0 unspecified atom stereocenters. The van der Waals surface area contributed by atoms with Gasteiger partial charge in [-0.25, -0.2) is 0 Å². The smallest absolute Gasteiger partial charge is 0.248 e. The van der Waals surface area contributed by atoms with Gasteiger partial charge in [-0.2, -0.15) is 0 Å². The van der Waals surface area contributed by atoms with Crippen LogP contribution in [0.25, 0.3) is 0 Å². The Morgan fingerprint density at radius 1 is 1.06 bits per heavy atom. The molecule has 1 aromatic rings. The molecule has 102 valence electrons. The van der Waals surface area contributed by atoms with Crippen molar-refractivity contribution in [3.63, 3.8) is 0 Å². The summed E-state index contributed by atoms with van der Waals surface area (Å²) >= 11 is 7.20. The molecule has 1 aromatic carbocycles. The molecule has 0 aliphatic rings. The van der Waals surface area contributed by atoms with E-state index in [9.17, 15) is 0 Å². The predicted molar refractivity (Wildman–Crippen MR) is 84.5 cm³/mol. The molecule has 2 nitrogen and oxygen atoms in total. The lowest BCUT2D eigenvalue weighted by Gasteiger charge is -2.25. The normalized spacial score (nSPS) is 12.3. The average molecular weight is 304 g/mol. The molecule has 0 heterocycles. The molecule has 0 fully saturated rings. The van der Waals surface area contributed by atoms with Crippen LogP contribution in [0.3, 0.4) is 0 Å². The Bertz CT molecular complexity index is 379. The largest absolute Gasteiger partial charge is 0.319 e. The maximum atomic E-state index is 5.84. The average Bonchev–Trinajstić information content (AvgIpc) is 2.26. The van der Waals surface area contributed by atoms with E-state index in [0.29, 0.717) is 0 Å². The topological polar surface area (TPSA) is 18.5 Å². The van der Waals surface area contributed by atoms with Crippen LogP contribution < -0.4 is 0 Å². The van der Waals surface area contributed by atoms with Gasteiger partial charge in [0.2, 0.25) is 5.69 Å². The molecule has 0 saturated heterocycles. The summed E-state index contributed by atoms with van der Waals surface area (Å²) in [5.41, 5.74) is -1.00. The Labute approximate surface area is 119 Å². The summed E-state index contributed by atoms with van der Waals surface area (Å²) in [5.74, 6) is 0.831. The lowest BCUT2D eigenvalue weighted by molar-refractivity contribution is 0.186. The molecule has 5 heteroatoms. The van der Waals surface area contributed by atoms with Gasteiger partial charge in [0.1, 0.15) is 0 Å². The molecule has 0 bridgehead atoms. The van der Waals surface area contributed by atoms with Crippen molar-refractivity contribution in [3.8, 4) is 0 Å². The zero-order chi connectivity index (χ0) is 13.6. The fourth-order valence-electron chi connectivity index (χ4n) is 1.33. The second-order valence-corrected chi connectivity index (χ2v) is 10.7. The van der Waals surface area contributed by atoms with Crippen LogP contribution in [0.15, 0.2) is 30.3 Å². The van der Waals surface area contributed by atoms with Crippen LogP contribution >= 0.6 is 17.1 Å². The Hall–Kier alpha value is 0.140. The number of rotatable bonds is 7. The first-order valence-corrected chi connectivity index (χ1v) is 10.3. The zero-order valence-corrected chi connectivity index (χ0v) is 13.9. The van der Waals surface area contributed by atoms with Crippen molar-refractivity contribution in [2.45, 2.75) is 45.7 Å². The second kappa shape index (κ2) is 7.66. The maximum Gasteiger partial charge on any atom is 0.248 e. The fourth-order valence-corrected chi connectivity index (χ4v) is 6.86. The molecule has 0 N–H and O–H groups in total. The third kappa shape index (κ3) is 6.35. The van der Waals surface area contributed by atoms with Gasteiger partial charge in [0, 0.05) is 5.75 Å². The fraction of sp³-hybridized carbons (Fsp3) is 0.538. The molecule has 0 amide bonds. The standard InChI is InChI=1S/C13H21O2PS2/c1-11(2)14-16(17,15-12(3)4)18-10-13-8-6-5-7-9-13/h5-9,11-12H,10H2,1-4H3. The quantitative estimate of drug-likeness (QED) is 0.660. The molecule has 0 saturated carbocycles. The summed E-state index contributed by atoms with van der Waals surface area (Å²) in [5, 5.41) is 0. The van der Waals surface area contributed by atoms with E-state index in [-0.39, 0.29) is 12.2 Å². The minimum atomic E-state index is -2.25. The van der Waals surface area contributed by atoms with Crippen LogP contribution in [0, 0.1) is 0 Å². The van der Waals surface area contributed by atoms with E-state index in [1.54, 1.807) is 11.4 Å². The molecular formula is C13H21O2PS2. The molecule has 0 radical (unpaired) electrons. The van der Waals surface area contributed by atoms with Crippen molar-refractivity contribution in [3.05, 3.63) is 35.9 Å². The first kappa shape index (κ1) is 16.2. The van der Waals surface area contributed by atoms with E-state index in [1.165, 1.54) is 5.56 Å². The molecule has 0 aliphatic heterocycles. The van der Waals surface area contributed by atoms with Crippen molar-refractivity contribution < 1.29 is 9.05 Å². The van der Waals surface area contributed by atoms with Gasteiger partial charge in [0.15, 0.2) is 0 Å². The van der Waals surface area contributed by atoms with Crippen LogP contribution in [0.1, 0.15) is 33.3 Å². The number of hydrogen-bond donors (Lipinski definition) is 0. The summed E-state index contributed by atoms with van der Waals surface area (Å²) in [6, 6.07) is 10.3. The van der Waals surface area contributed by atoms with Gasteiger partial charge in [-0.15, -0.1) is 0 Å². The summed E-state index contributed by atoms with van der Waals surface area (Å²) < 4.78 is 11.7. The van der Waals surface area contributed by atoms with E-state index in [0.717, 1.165) is 5.75 Å². The first-order chi connectivity index (χ1) is 8.41. The van der Waals surface area contributed by atoms with E-state index >= 15 is 0 Å². The molecule has 1 rings (SSSR count). The van der Waals surface area contributed by atoms with E-state index in [4.69, 9.17) is 20.9 Å². The molecule has 0 aromatic heterocycles. The second-order valence-electron chi connectivity index (χ2n) is 4.51. The van der Waals surface area contributed by atoms with Crippen molar-refractivity contribution in [1.82, 2.24) is 0 Å². The van der Waals surface area contributed by atoms with Crippen molar-refractivity contribution in [1.29, 1.82) is 0 Å². The highest BCUT2D eigenvalue weighted by molar-refractivity contribution is 8.67. The van der Waals surface area contributed by atoms with Gasteiger partial charge in [-0.3, -0.25) is 0 Å². The van der Waals surface area contributed by atoms with Gasteiger partial charge in [-0.05, 0) is 45.1 Å². The minimum absolute atomic E-state index is 0.0952. The number of hydrogen-bond acceptors (Lipinski definition) is 4. The van der Waals surface area contributed by atoms with Crippen molar-refractivity contribution >= 4 is 28.9 Å². The number of benzene rings is 1. The monoisotopic (exact) mass is 304 g/mol. The van der Waals surface area contributed by atoms with Gasteiger partial charge in [0.05, 0.1) is 12.2 Å². The third-order valence-corrected chi connectivity index (χ3v) is 7.37. The summed E-state index contributed by atoms with van der Waals surface area (Å²) in [6.07, 6.45) is 0.190. The summed E-state index contributed by atoms with van der Waals surface area (Å²) in [6.45, 7) is 7.98. The predicted octanol–water partition coefficient (Wildman–Crippen LogP) is 4.99. The van der Waals surface area contributed by atoms with Gasteiger partial charge in [-0.1, -0.05) is 41.7 Å². The van der Waals surface area contributed by atoms with Crippen molar-refractivity contribution in [2.24, 2.45) is 0 Å². The summed E-state index contributed by atoms with van der Waals surface area (Å²) in [4.78, 5) is 0. The van der Waals surface area contributed by atoms with Crippen LogP contribution in [0.4, 0.5) is 0 Å². The first-order valence-electron chi connectivity index (χ1n) is 6.06. The Morgan fingerprint density at radius 2 is 1.56 bits per heavy atom. The van der Waals surface area contributed by atoms with Gasteiger partial charge in [0.25, 0.3) is 0 Å². The highest BCUT2D eigenvalue weighted by Crippen LogP contribution is 2.63. The lowest BCUT2D eigenvalue weighted by Crippen LogP contribution is -2.05. The summed E-state index contributed by atoms with van der Waals surface area (Å²) in [7, 11) is 0. The highest BCUT2D eigenvalue weighted by Gasteiger charge is 2.23. The van der Waals surface area contributed by atoms with Crippen LogP contribution in [0.2, 0.25) is 0 Å². The van der Waals surface area contributed by atoms with E-state index in [1.807, 2.05) is 45.9 Å². The zero-order valence-electron chi connectivity index (χ0n) is 11.3. The third-order valence-electron chi connectivity index (χ3n) is 1.91. The SMILES string of the molecule is CC(C)OP(=S)(OC(C)C)SCc1ccccc1. The van der Waals surface area contributed by atoms with Crippen LogP contribution in [-0.4, -0.2) is 12.2 Å². The van der Waals surface area contributed by atoms with Crippen LogP contribution in [-0.2, 0) is 26.6 Å². The Morgan fingerprint density at radius 3 is 2.00 bits per heavy atom. The van der Waals surface area contributed by atoms with E-state index in [2.05, 4.69) is 12.1 Å². The highest BCUT2D eigenvalue weighted by atomic mass is 32.9. The van der Waals surface area contributed by atoms with Crippen LogP contribution in [0.5, 0.6) is 0 Å². The Balaban J connectivity index is 2.64.